The molecule has 1 aliphatic heterocycles. The first-order valence-electron chi connectivity index (χ1n) is 7.54. The van der Waals surface area contributed by atoms with Gasteiger partial charge in [-0.3, -0.25) is 14.9 Å². The number of H-pyrrole nitrogens is 1. The number of imidazole rings is 1. The third-order valence-electron chi connectivity index (χ3n) is 4.60. The molecule has 2 aliphatic rings. The normalized spacial score (nSPS) is 27.3. The summed E-state index contributed by atoms with van der Waals surface area (Å²) in [6, 6.07) is 6.97. The Labute approximate surface area is 126 Å². The van der Waals surface area contributed by atoms with Gasteiger partial charge in [0.1, 0.15) is 11.7 Å². The molecule has 3 atom stereocenters. The maximum atomic E-state index is 12.5. The number of nitrogens with zero attached hydrogens (tertiary/aromatic N) is 3. The molecule has 1 aromatic carbocycles. The van der Waals surface area contributed by atoms with Crippen LogP contribution in [0.3, 0.4) is 0 Å². The molecule has 7 nitrogen and oxygen atoms in total. The maximum Gasteiger partial charge on any atom is 0.233 e. The number of hydrogen-bond donors (Lipinski definition) is 1. The van der Waals surface area contributed by atoms with E-state index < -0.39 is 12.0 Å². The Kier molecular flexibility index (Phi) is 2.88. The summed E-state index contributed by atoms with van der Waals surface area (Å²) in [7, 11) is 0. The van der Waals surface area contributed by atoms with Crippen molar-refractivity contribution < 1.29 is 9.72 Å². The number of rotatable bonds is 3. The Morgan fingerprint density at radius 1 is 1.41 bits per heavy atom. The van der Waals surface area contributed by atoms with Crippen molar-refractivity contribution in [1.82, 2.24) is 14.9 Å². The van der Waals surface area contributed by atoms with Crippen LogP contribution in [0.1, 0.15) is 31.1 Å². The average Bonchev–Trinajstić information content (AvgIpc) is 2.98. The van der Waals surface area contributed by atoms with Crippen LogP contribution in [-0.2, 0) is 4.79 Å². The molecule has 22 heavy (non-hydrogen) atoms. The highest BCUT2D eigenvalue weighted by Crippen LogP contribution is 2.40. The molecule has 1 amide bonds. The lowest BCUT2D eigenvalue weighted by molar-refractivity contribution is -0.497. The number of fused-ring (bicyclic) bond motifs is 1. The van der Waals surface area contributed by atoms with E-state index in [1.165, 1.54) is 0 Å². The van der Waals surface area contributed by atoms with Crippen molar-refractivity contribution >= 4 is 16.9 Å². The van der Waals surface area contributed by atoms with Crippen LogP contribution in [0.15, 0.2) is 24.3 Å². The predicted octanol–water partition coefficient (Wildman–Crippen LogP) is 1.89. The molecule has 0 bridgehead atoms. The standard InChI is InChI=1S/C15H16N4O3/c20-15(9-8-13(9)19(21)22)18-7-3-6-12(18)14-16-10-4-1-2-5-11(10)17-14/h1-2,4-5,9,12-13H,3,6-8H2,(H,16,17). The summed E-state index contributed by atoms with van der Waals surface area (Å²) in [6.07, 6.45) is 2.12. The van der Waals surface area contributed by atoms with Crippen LogP contribution in [0, 0.1) is 16.0 Å². The molecular formula is C15H16N4O3. The van der Waals surface area contributed by atoms with Crippen LogP contribution < -0.4 is 0 Å². The van der Waals surface area contributed by atoms with E-state index in [-0.39, 0.29) is 16.9 Å². The lowest BCUT2D eigenvalue weighted by atomic mass is 10.2. The van der Waals surface area contributed by atoms with Gasteiger partial charge in [0.05, 0.1) is 17.1 Å². The van der Waals surface area contributed by atoms with Crippen LogP contribution in [-0.4, -0.2) is 38.3 Å². The van der Waals surface area contributed by atoms with E-state index in [9.17, 15) is 14.9 Å². The van der Waals surface area contributed by atoms with Crippen molar-refractivity contribution in [3.05, 3.63) is 40.2 Å². The molecule has 1 N–H and O–H groups in total. The number of likely N-dealkylation sites (tertiary alicyclic amines) is 1. The number of carbonyl (C=O) groups is 1. The summed E-state index contributed by atoms with van der Waals surface area (Å²) in [6.45, 7) is 0.654. The van der Waals surface area contributed by atoms with Gasteiger partial charge >= 0.3 is 0 Å². The number of para-hydroxylation sites is 2. The number of nitrogens with one attached hydrogen (secondary N) is 1. The molecule has 1 aromatic heterocycles. The fourth-order valence-electron chi connectivity index (χ4n) is 3.34. The van der Waals surface area contributed by atoms with Crippen LogP contribution in [0.5, 0.6) is 0 Å². The highest BCUT2D eigenvalue weighted by Gasteiger charge is 2.55. The van der Waals surface area contributed by atoms with Crippen molar-refractivity contribution in [1.29, 1.82) is 0 Å². The lowest BCUT2D eigenvalue weighted by Crippen LogP contribution is -2.33. The lowest BCUT2D eigenvalue weighted by Gasteiger charge is -2.22. The van der Waals surface area contributed by atoms with E-state index in [4.69, 9.17) is 0 Å². The monoisotopic (exact) mass is 300 g/mol. The number of aromatic nitrogens is 2. The number of nitro groups is 1. The Morgan fingerprint density at radius 2 is 2.23 bits per heavy atom. The highest BCUT2D eigenvalue weighted by atomic mass is 16.6. The second kappa shape index (κ2) is 4.79. The summed E-state index contributed by atoms with van der Waals surface area (Å²) in [4.78, 5) is 32.6. The molecule has 2 fully saturated rings. The van der Waals surface area contributed by atoms with Crippen molar-refractivity contribution in [3.8, 4) is 0 Å². The Balaban J connectivity index is 1.58. The molecule has 4 rings (SSSR count). The van der Waals surface area contributed by atoms with E-state index >= 15 is 0 Å². The molecule has 7 heteroatoms. The van der Waals surface area contributed by atoms with Gasteiger partial charge in [0.25, 0.3) is 0 Å². The summed E-state index contributed by atoms with van der Waals surface area (Å²) in [5.41, 5.74) is 1.83. The van der Waals surface area contributed by atoms with Gasteiger partial charge in [-0.05, 0) is 25.0 Å². The molecule has 1 saturated heterocycles. The van der Waals surface area contributed by atoms with Crippen molar-refractivity contribution in [2.24, 2.45) is 5.92 Å². The first kappa shape index (κ1) is 13.2. The second-order valence-electron chi connectivity index (χ2n) is 6.02. The number of carbonyl (C=O) groups excluding carboxylic acids is 1. The van der Waals surface area contributed by atoms with E-state index in [1.807, 2.05) is 24.3 Å². The minimum Gasteiger partial charge on any atom is -0.340 e. The third kappa shape index (κ3) is 2.04. The predicted molar refractivity (Wildman–Crippen MR) is 78.7 cm³/mol. The van der Waals surface area contributed by atoms with Gasteiger partial charge in [0.15, 0.2) is 0 Å². The topological polar surface area (TPSA) is 92.1 Å². The summed E-state index contributed by atoms with van der Waals surface area (Å²) in [5, 5.41) is 10.8. The maximum absolute atomic E-state index is 12.5. The van der Waals surface area contributed by atoms with Gasteiger partial charge < -0.3 is 9.88 Å². The molecular weight excluding hydrogens is 284 g/mol. The Bertz CT molecular complexity index is 723. The van der Waals surface area contributed by atoms with Gasteiger partial charge in [-0.1, -0.05) is 12.1 Å². The zero-order valence-corrected chi connectivity index (χ0v) is 11.9. The quantitative estimate of drug-likeness (QED) is 0.692. The van der Waals surface area contributed by atoms with Gasteiger partial charge in [0, 0.05) is 17.9 Å². The summed E-state index contributed by atoms with van der Waals surface area (Å²) in [5.74, 6) is 0.245. The van der Waals surface area contributed by atoms with Crippen molar-refractivity contribution in [2.45, 2.75) is 31.3 Å². The first-order chi connectivity index (χ1) is 10.6. The van der Waals surface area contributed by atoms with Gasteiger partial charge in [-0.15, -0.1) is 0 Å². The zero-order chi connectivity index (χ0) is 15.3. The van der Waals surface area contributed by atoms with Crippen molar-refractivity contribution in [2.75, 3.05) is 6.54 Å². The van der Waals surface area contributed by atoms with Crippen LogP contribution in [0.4, 0.5) is 0 Å². The first-order valence-corrected chi connectivity index (χ1v) is 7.54. The molecule has 114 valence electrons. The third-order valence-corrected chi connectivity index (χ3v) is 4.60. The number of aromatic amines is 1. The zero-order valence-electron chi connectivity index (χ0n) is 11.9. The summed E-state index contributed by atoms with van der Waals surface area (Å²) >= 11 is 0. The molecule has 0 spiro atoms. The SMILES string of the molecule is O=C(C1CC1[N+](=O)[O-])N1CCCC1c1nc2ccccc2[nH]1. The van der Waals surface area contributed by atoms with Crippen LogP contribution >= 0.6 is 0 Å². The minimum atomic E-state index is -0.690. The molecule has 0 radical (unpaired) electrons. The van der Waals surface area contributed by atoms with E-state index in [2.05, 4.69) is 9.97 Å². The Hall–Kier alpha value is -2.44. The van der Waals surface area contributed by atoms with Crippen LogP contribution in [0.25, 0.3) is 11.0 Å². The van der Waals surface area contributed by atoms with E-state index in [1.54, 1.807) is 4.90 Å². The summed E-state index contributed by atoms with van der Waals surface area (Å²) < 4.78 is 0. The largest absolute Gasteiger partial charge is 0.340 e. The fourth-order valence-corrected chi connectivity index (χ4v) is 3.34. The van der Waals surface area contributed by atoms with Gasteiger partial charge in [0.2, 0.25) is 11.9 Å². The number of benzene rings is 1. The molecule has 1 saturated carbocycles. The second-order valence-corrected chi connectivity index (χ2v) is 6.02. The molecule has 1 aliphatic carbocycles. The number of hydrogen-bond acceptors (Lipinski definition) is 4. The number of amides is 1. The molecule has 2 aromatic rings. The van der Waals surface area contributed by atoms with E-state index in [0.717, 1.165) is 29.7 Å². The average molecular weight is 300 g/mol. The van der Waals surface area contributed by atoms with E-state index in [0.29, 0.717) is 13.0 Å². The highest BCUT2D eigenvalue weighted by molar-refractivity contribution is 5.83. The Morgan fingerprint density at radius 3 is 2.95 bits per heavy atom. The molecule has 2 heterocycles. The molecule has 3 unspecified atom stereocenters. The van der Waals surface area contributed by atoms with Crippen molar-refractivity contribution in [3.63, 3.8) is 0 Å². The van der Waals surface area contributed by atoms with Crippen LogP contribution in [0.2, 0.25) is 0 Å². The smallest absolute Gasteiger partial charge is 0.233 e. The van der Waals surface area contributed by atoms with Gasteiger partial charge in [-0.25, -0.2) is 4.98 Å². The minimum absolute atomic E-state index is 0.0899. The van der Waals surface area contributed by atoms with Gasteiger partial charge in [-0.2, -0.15) is 0 Å². The fraction of sp³-hybridized carbons (Fsp3) is 0.467.